The van der Waals surface area contributed by atoms with Crippen molar-refractivity contribution in [1.29, 1.82) is 0 Å². The molecular formula is C18H20F2O6S2. The fourth-order valence-corrected chi connectivity index (χ4v) is 4.38. The average Bonchev–Trinajstić information content (AvgIpc) is 2.65. The standard InChI is InChI=1S/C18H20F2O6S2/c1-13-3-7-15(8-4-13)27(21,22)25-17(11-19)18(12-20)26-28(23,24)16-9-5-14(2)6-10-16/h3-10,17-18H,11-12H2,1-2H3. The molecule has 28 heavy (non-hydrogen) atoms. The van der Waals surface area contributed by atoms with Crippen LogP contribution in [0, 0.1) is 13.8 Å². The monoisotopic (exact) mass is 434 g/mol. The van der Waals surface area contributed by atoms with E-state index in [0.29, 0.717) is 0 Å². The molecule has 0 aliphatic carbocycles. The highest BCUT2D eigenvalue weighted by Gasteiger charge is 2.34. The van der Waals surface area contributed by atoms with Crippen molar-refractivity contribution < 1.29 is 34.0 Å². The van der Waals surface area contributed by atoms with E-state index < -0.39 is 45.8 Å². The molecule has 154 valence electrons. The zero-order chi connectivity index (χ0) is 20.9. The average molecular weight is 434 g/mol. The van der Waals surface area contributed by atoms with Crippen LogP contribution in [0.2, 0.25) is 0 Å². The molecule has 0 fully saturated rings. The molecule has 2 unspecified atom stereocenters. The van der Waals surface area contributed by atoms with Crippen LogP contribution in [0.1, 0.15) is 11.1 Å². The second kappa shape index (κ2) is 9.08. The minimum Gasteiger partial charge on any atom is -0.257 e. The molecule has 0 radical (unpaired) electrons. The summed E-state index contributed by atoms with van der Waals surface area (Å²) in [5.74, 6) is 0. The van der Waals surface area contributed by atoms with Gasteiger partial charge < -0.3 is 0 Å². The van der Waals surface area contributed by atoms with Crippen molar-refractivity contribution in [3.8, 4) is 0 Å². The SMILES string of the molecule is Cc1ccc(S(=O)(=O)OC(CF)C(CF)OS(=O)(=O)c2ccc(C)cc2)cc1. The smallest absolute Gasteiger partial charge is 0.257 e. The highest BCUT2D eigenvalue weighted by molar-refractivity contribution is 7.87. The molecule has 2 aromatic rings. The molecule has 0 saturated carbocycles. The molecule has 0 saturated heterocycles. The molecule has 0 aromatic heterocycles. The number of hydrogen-bond donors (Lipinski definition) is 0. The van der Waals surface area contributed by atoms with Crippen LogP contribution in [0.4, 0.5) is 8.78 Å². The lowest BCUT2D eigenvalue weighted by atomic mass is 10.2. The predicted molar refractivity (Wildman–Crippen MR) is 98.4 cm³/mol. The van der Waals surface area contributed by atoms with Crippen LogP contribution >= 0.6 is 0 Å². The van der Waals surface area contributed by atoms with Crippen molar-refractivity contribution in [3.63, 3.8) is 0 Å². The van der Waals surface area contributed by atoms with E-state index in [9.17, 15) is 25.6 Å². The van der Waals surface area contributed by atoms with Crippen molar-refractivity contribution in [3.05, 3.63) is 59.7 Å². The Morgan fingerprint density at radius 2 is 0.964 bits per heavy atom. The van der Waals surface area contributed by atoms with Gasteiger partial charge in [-0.25, -0.2) is 8.78 Å². The maximum atomic E-state index is 13.4. The van der Waals surface area contributed by atoms with Gasteiger partial charge in [-0.15, -0.1) is 0 Å². The third-order valence-electron chi connectivity index (χ3n) is 3.84. The molecule has 2 aromatic carbocycles. The normalized spacial score (nSPS) is 14.6. The van der Waals surface area contributed by atoms with Gasteiger partial charge >= 0.3 is 0 Å². The van der Waals surface area contributed by atoms with Gasteiger partial charge in [-0.1, -0.05) is 35.4 Å². The number of aryl methyl sites for hydroxylation is 2. The van der Waals surface area contributed by atoms with Gasteiger partial charge in [0, 0.05) is 0 Å². The molecule has 0 aliphatic heterocycles. The number of rotatable bonds is 9. The first kappa shape index (κ1) is 22.4. The van der Waals surface area contributed by atoms with Crippen LogP contribution in [0.25, 0.3) is 0 Å². The minimum atomic E-state index is -4.45. The second-order valence-electron chi connectivity index (χ2n) is 6.11. The second-order valence-corrected chi connectivity index (χ2v) is 9.26. The Hall–Kier alpha value is -1.88. The van der Waals surface area contributed by atoms with E-state index in [0.717, 1.165) is 11.1 Å². The van der Waals surface area contributed by atoms with Crippen LogP contribution < -0.4 is 0 Å². The van der Waals surface area contributed by atoms with Gasteiger partial charge in [0.2, 0.25) is 0 Å². The largest absolute Gasteiger partial charge is 0.297 e. The predicted octanol–water partition coefficient (Wildman–Crippen LogP) is 3.09. The van der Waals surface area contributed by atoms with E-state index in [1.54, 1.807) is 13.8 Å². The lowest BCUT2D eigenvalue weighted by Crippen LogP contribution is -2.38. The van der Waals surface area contributed by atoms with Crippen LogP contribution in [0.3, 0.4) is 0 Å². The van der Waals surface area contributed by atoms with Crippen molar-refractivity contribution >= 4 is 20.2 Å². The lowest BCUT2D eigenvalue weighted by molar-refractivity contribution is 0.0311. The number of benzene rings is 2. The zero-order valence-electron chi connectivity index (χ0n) is 15.2. The van der Waals surface area contributed by atoms with E-state index in [-0.39, 0.29) is 9.79 Å². The summed E-state index contributed by atoms with van der Waals surface area (Å²) in [6, 6.07) is 11.0. The molecule has 2 rings (SSSR count). The molecule has 0 aliphatic rings. The van der Waals surface area contributed by atoms with Gasteiger partial charge in [-0.2, -0.15) is 16.8 Å². The topological polar surface area (TPSA) is 86.7 Å². The first-order valence-corrected chi connectivity index (χ1v) is 11.0. The van der Waals surface area contributed by atoms with Crippen LogP contribution in [0.5, 0.6) is 0 Å². The number of hydrogen-bond acceptors (Lipinski definition) is 6. The van der Waals surface area contributed by atoms with Crippen LogP contribution in [0.15, 0.2) is 58.3 Å². The Morgan fingerprint density at radius 3 is 1.21 bits per heavy atom. The Kier molecular flexibility index (Phi) is 7.27. The molecule has 0 spiro atoms. The molecule has 0 N–H and O–H groups in total. The Balaban J connectivity index is 2.22. The molecule has 2 atom stereocenters. The first-order chi connectivity index (χ1) is 13.1. The van der Waals surface area contributed by atoms with Crippen molar-refractivity contribution in [2.45, 2.75) is 35.8 Å². The number of alkyl halides is 2. The lowest BCUT2D eigenvalue weighted by Gasteiger charge is -2.22. The molecule has 0 amide bonds. The quantitative estimate of drug-likeness (QED) is 0.564. The maximum Gasteiger partial charge on any atom is 0.297 e. The van der Waals surface area contributed by atoms with E-state index in [1.165, 1.54) is 48.5 Å². The molecule has 6 nitrogen and oxygen atoms in total. The Bertz CT molecular complexity index is 904. The van der Waals surface area contributed by atoms with Crippen molar-refractivity contribution in [2.24, 2.45) is 0 Å². The van der Waals surface area contributed by atoms with Gasteiger partial charge in [0.05, 0.1) is 9.79 Å². The zero-order valence-corrected chi connectivity index (χ0v) is 16.8. The van der Waals surface area contributed by atoms with Gasteiger partial charge in [-0.05, 0) is 38.1 Å². The Morgan fingerprint density at radius 1 is 0.679 bits per heavy atom. The third-order valence-corrected chi connectivity index (χ3v) is 6.54. The molecular weight excluding hydrogens is 414 g/mol. The first-order valence-electron chi connectivity index (χ1n) is 8.21. The summed E-state index contributed by atoms with van der Waals surface area (Å²) in [5.41, 5.74) is 1.57. The van der Waals surface area contributed by atoms with Crippen LogP contribution in [-0.4, -0.2) is 42.4 Å². The molecule has 10 heteroatoms. The van der Waals surface area contributed by atoms with E-state index in [1.807, 2.05) is 0 Å². The highest BCUT2D eigenvalue weighted by Crippen LogP contribution is 2.22. The highest BCUT2D eigenvalue weighted by atomic mass is 32.2. The molecule has 0 heterocycles. The summed E-state index contributed by atoms with van der Waals surface area (Å²) in [5, 5.41) is 0. The van der Waals surface area contributed by atoms with E-state index in [2.05, 4.69) is 0 Å². The van der Waals surface area contributed by atoms with Crippen LogP contribution in [-0.2, 0) is 28.6 Å². The Labute approximate surface area is 163 Å². The van der Waals surface area contributed by atoms with Crippen molar-refractivity contribution in [1.82, 2.24) is 0 Å². The molecule has 0 bridgehead atoms. The summed E-state index contributed by atoms with van der Waals surface area (Å²) in [6.45, 7) is 0.543. The van der Waals surface area contributed by atoms with Gasteiger partial charge in [0.1, 0.15) is 25.6 Å². The van der Waals surface area contributed by atoms with E-state index >= 15 is 0 Å². The fourth-order valence-electron chi connectivity index (χ4n) is 2.22. The summed E-state index contributed by atoms with van der Waals surface area (Å²) < 4.78 is 85.4. The summed E-state index contributed by atoms with van der Waals surface area (Å²) in [6.07, 6.45) is -3.95. The summed E-state index contributed by atoms with van der Waals surface area (Å²) in [4.78, 5) is -0.536. The van der Waals surface area contributed by atoms with Gasteiger partial charge in [-0.3, -0.25) is 8.37 Å². The summed E-state index contributed by atoms with van der Waals surface area (Å²) in [7, 11) is -8.90. The maximum absolute atomic E-state index is 13.4. The van der Waals surface area contributed by atoms with E-state index in [4.69, 9.17) is 8.37 Å². The fraction of sp³-hybridized carbons (Fsp3) is 0.333. The van der Waals surface area contributed by atoms with Crippen molar-refractivity contribution in [2.75, 3.05) is 13.3 Å². The minimum absolute atomic E-state index is 0.268. The number of halogens is 2. The van der Waals surface area contributed by atoms with Gasteiger partial charge in [0.25, 0.3) is 20.2 Å². The van der Waals surface area contributed by atoms with Gasteiger partial charge in [0.15, 0.2) is 0 Å². The summed E-state index contributed by atoms with van der Waals surface area (Å²) >= 11 is 0. The third kappa shape index (κ3) is 5.57.